The summed E-state index contributed by atoms with van der Waals surface area (Å²) in [6.07, 6.45) is 9.58. The van der Waals surface area contributed by atoms with E-state index in [0.29, 0.717) is 5.92 Å². The van der Waals surface area contributed by atoms with E-state index in [-0.39, 0.29) is 18.0 Å². The van der Waals surface area contributed by atoms with Gasteiger partial charge in [-0.05, 0) is 32.1 Å². The van der Waals surface area contributed by atoms with Gasteiger partial charge in [0, 0.05) is 6.04 Å². The van der Waals surface area contributed by atoms with Crippen molar-refractivity contribution in [3.63, 3.8) is 0 Å². The number of rotatable bonds is 5. The number of carbonyl (C=O) groups excluding carboxylic acids is 1. The molecule has 3 heteroatoms. The van der Waals surface area contributed by atoms with Crippen molar-refractivity contribution in [2.75, 3.05) is 0 Å². The zero-order valence-corrected chi connectivity index (χ0v) is 11.4. The van der Waals surface area contributed by atoms with E-state index >= 15 is 0 Å². The average molecular weight is 240 g/mol. The Hall–Kier alpha value is -0.570. The van der Waals surface area contributed by atoms with Gasteiger partial charge in [-0.1, -0.05) is 39.0 Å². The van der Waals surface area contributed by atoms with E-state index in [9.17, 15) is 4.79 Å². The van der Waals surface area contributed by atoms with Crippen LogP contribution in [0.2, 0.25) is 0 Å². The third kappa shape index (κ3) is 5.07. The summed E-state index contributed by atoms with van der Waals surface area (Å²) in [6, 6.07) is -0.0447. The Labute approximate surface area is 106 Å². The molecule has 100 valence electrons. The fourth-order valence-corrected chi connectivity index (χ4v) is 2.70. The van der Waals surface area contributed by atoms with Crippen LogP contribution in [0.3, 0.4) is 0 Å². The smallest absolute Gasteiger partial charge is 0.237 e. The van der Waals surface area contributed by atoms with Gasteiger partial charge in [0.15, 0.2) is 0 Å². The fraction of sp³-hybridized carbons (Fsp3) is 0.929. The van der Waals surface area contributed by atoms with Crippen LogP contribution in [0.5, 0.6) is 0 Å². The molecule has 0 bridgehead atoms. The fourth-order valence-electron chi connectivity index (χ4n) is 2.70. The second kappa shape index (κ2) is 7.70. The highest BCUT2D eigenvalue weighted by atomic mass is 16.2. The normalized spacial score (nSPS) is 21.6. The molecule has 1 fully saturated rings. The molecule has 0 unspecified atom stereocenters. The highest BCUT2D eigenvalue weighted by Crippen LogP contribution is 2.25. The first-order valence-corrected chi connectivity index (χ1v) is 7.21. The van der Waals surface area contributed by atoms with E-state index in [0.717, 1.165) is 12.8 Å². The van der Waals surface area contributed by atoms with Gasteiger partial charge in [-0.3, -0.25) is 4.79 Å². The van der Waals surface area contributed by atoms with Crippen LogP contribution in [-0.2, 0) is 4.79 Å². The Balaban J connectivity index is 2.35. The lowest BCUT2D eigenvalue weighted by molar-refractivity contribution is -0.123. The first-order valence-electron chi connectivity index (χ1n) is 7.21. The molecule has 0 aromatic rings. The van der Waals surface area contributed by atoms with Gasteiger partial charge in [0.25, 0.3) is 0 Å². The molecule has 0 heterocycles. The molecule has 0 aliphatic heterocycles. The van der Waals surface area contributed by atoms with Crippen molar-refractivity contribution in [3.8, 4) is 0 Å². The molecule has 0 saturated heterocycles. The Kier molecular flexibility index (Phi) is 6.56. The third-order valence-corrected chi connectivity index (χ3v) is 3.91. The first kappa shape index (κ1) is 14.5. The van der Waals surface area contributed by atoms with E-state index in [1.165, 1.54) is 38.5 Å². The lowest BCUT2D eigenvalue weighted by Crippen LogP contribution is -2.46. The Bertz CT molecular complexity index is 222. The third-order valence-electron chi connectivity index (χ3n) is 3.91. The maximum Gasteiger partial charge on any atom is 0.237 e. The van der Waals surface area contributed by atoms with E-state index in [4.69, 9.17) is 5.73 Å². The predicted octanol–water partition coefficient (Wildman–Crippen LogP) is 2.59. The second-order valence-electron chi connectivity index (χ2n) is 5.44. The molecule has 2 atom stereocenters. The van der Waals surface area contributed by atoms with E-state index in [1.807, 2.05) is 0 Å². The molecule has 1 aliphatic carbocycles. The number of nitrogens with one attached hydrogen (secondary N) is 1. The highest BCUT2D eigenvalue weighted by molar-refractivity contribution is 5.81. The van der Waals surface area contributed by atoms with Gasteiger partial charge in [-0.25, -0.2) is 0 Å². The number of carbonyl (C=O) groups is 1. The van der Waals surface area contributed by atoms with Crippen molar-refractivity contribution in [2.45, 2.75) is 77.3 Å². The van der Waals surface area contributed by atoms with Crippen molar-refractivity contribution in [1.29, 1.82) is 0 Å². The predicted molar refractivity (Wildman–Crippen MR) is 71.7 cm³/mol. The van der Waals surface area contributed by atoms with Crippen LogP contribution in [0, 0.1) is 5.92 Å². The molecule has 1 amide bonds. The van der Waals surface area contributed by atoms with Crippen molar-refractivity contribution in [3.05, 3.63) is 0 Å². The highest BCUT2D eigenvalue weighted by Gasteiger charge is 2.22. The molecule has 0 spiro atoms. The van der Waals surface area contributed by atoms with Gasteiger partial charge in [0.05, 0.1) is 6.04 Å². The number of hydrogen-bond acceptors (Lipinski definition) is 2. The summed E-state index contributed by atoms with van der Waals surface area (Å²) >= 11 is 0. The summed E-state index contributed by atoms with van der Waals surface area (Å²) in [5, 5.41) is 3.10. The standard InChI is InChI=1S/C14H28N2O/c1-3-8-13(15)14(17)16-11(2)12-9-6-4-5-7-10-12/h11-13H,3-10,15H2,1-2H3,(H,16,17)/t11-,13-/m1/s1. The van der Waals surface area contributed by atoms with Crippen molar-refractivity contribution >= 4 is 5.91 Å². The molecule has 1 saturated carbocycles. The molecule has 0 aromatic carbocycles. The SMILES string of the molecule is CCC[C@@H](N)C(=O)N[C@H](C)C1CCCCCC1. The van der Waals surface area contributed by atoms with Gasteiger partial charge in [0.2, 0.25) is 5.91 Å². The summed E-state index contributed by atoms with van der Waals surface area (Å²) < 4.78 is 0. The van der Waals surface area contributed by atoms with Crippen LogP contribution in [-0.4, -0.2) is 18.0 Å². The Morgan fingerprint density at radius 2 is 1.88 bits per heavy atom. The first-order chi connectivity index (χ1) is 8.15. The quantitative estimate of drug-likeness (QED) is 0.726. The molecule has 17 heavy (non-hydrogen) atoms. The zero-order valence-electron chi connectivity index (χ0n) is 11.4. The largest absolute Gasteiger partial charge is 0.352 e. The molecular formula is C14H28N2O. The minimum atomic E-state index is -0.326. The number of amides is 1. The van der Waals surface area contributed by atoms with Crippen LogP contribution < -0.4 is 11.1 Å². The van der Waals surface area contributed by atoms with Gasteiger partial charge >= 0.3 is 0 Å². The minimum absolute atomic E-state index is 0.0311. The Morgan fingerprint density at radius 1 is 1.29 bits per heavy atom. The maximum absolute atomic E-state index is 11.8. The van der Waals surface area contributed by atoms with Gasteiger partial charge in [0.1, 0.15) is 0 Å². The topological polar surface area (TPSA) is 55.1 Å². The van der Waals surface area contributed by atoms with E-state index < -0.39 is 0 Å². The second-order valence-corrected chi connectivity index (χ2v) is 5.44. The van der Waals surface area contributed by atoms with Crippen molar-refractivity contribution < 1.29 is 4.79 Å². The van der Waals surface area contributed by atoms with Gasteiger partial charge in [-0.2, -0.15) is 0 Å². The maximum atomic E-state index is 11.8. The number of hydrogen-bond donors (Lipinski definition) is 2. The van der Waals surface area contributed by atoms with Crippen molar-refractivity contribution in [1.82, 2.24) is 5.32 Å². The molecule has 1 rings (SSSR count). The molecule has 0 aromatic heterocycles. The van der Waals surface area contributed by atoms with Gasteiger partial charge < -0.3 is 11.1 Å². The summed E-state index contributed by atoms with van der Waals surface area (Å²) in [4.78, 5) is 11.8. The van der Waals surface area contributed by atoms with Crippen LogP contribution in [0.1, 0.15) is 65.2 Å². The summed E-state index contributed by atoms with van der Waals surface area (Å²) in [5.74, 6) is 0.680. The molecular weight excluding hydrogens is 212 g/mol. The molecule has 3 nitrogen and oxygen atoms in total. The summed E-state index contributed by atoms with van der Waals surface area (Å²) in [5.41, 5.74) is 5.82. The van der Waals surface area contributed by atoms with E-state index in [2.05, 4.69) is 19.2 Å². The van der Waals surface area contributed by atoms with Crippen molar-refractivity contribution in [2.24, 2.45) is 11.7 Å². The summed E-state index contributed by atoms with van der Waals surface area (Å²) in [6.45, 7) is 4.19. The number of nitrogens with two attached hydrogens (primary N) is 1. The molecule has 3 N–H and O–H groups in total. The monoisotopic (exact) mass is 240 g/mol. The lowest BCUT2D eigenvalue weighted by Gasteiger charge is -2.25. The van der Waals surface area contributed by atoms with E-state index in [1.54, 1.807) is 0 Å². The molecule has 1 aliphatic rings. The zero-order chi connectivity index (χ0) is 12.7. The molecule has 0 radical (unpaired) electrons. The Morgan fingerprint density at radius 3 is 2.41 bits per heavy atom. The lowest BCUT2D eigenvalue weighted by atomic mass is 9.92. The van der Waals surface area contributed by atoms with Crippen LogP contribution in [0.15, 0.2) is 0 Å². The average Bonchev–Trinajstić information content (AvgIpc) is 2.57. The van der Waals surface area contributed by atoms with Crippen LogP contribution in [0.25, 0.3) is 0 Å². The summed E-state index contributed by atoms with van der Waals surface area (Å²) in [7, 11) is 0. The van der Waals surface area contributed by atoms with Gasteiger partial charge in [-0.15, -0.1) is 0 Å². The van der Waals surface area contributed by atoms with Crippen LogP contribution >= 0.6 is 0 Å². The van der Waals surface area contributed by atoms with Crippen LogP contribution in [0.4, 0.5) is 0 Å². The minimum Gasteiger partial charge on any atom is -0.352 e.